The number of rotatable bonds is 2. The molecular formula is C15H19N3OS. The maximum Gasteiger partial charge on any atom is 0.175 e. The summed E-state index contributed by atoms with van der Waals surface area (Å²) in [4.78, 5) is 17.8. The van der Waals surface area contributed by atoms with Crippen molar-refractivity contribution < 1.29 is 4.79 Å². The highest BCUT2D eigenvalue weighted by Crippen LogP contribution is 2.39. The van der Waals surface area contributed by atoms with Gasteiger partial charge < -0.3 is 0 Å². The largest absolute Gasteiger partial charge is 0.293 e. The van der Waals surface area contributed by atoms with E-state index in [2.05, 4.69) is 25.9 Å². The minimum Gasteiger partial charge on any atom is -0.293 e. The van der Waals surface area contributed by atoms with E-state index in [4.69, 9.17) is 4.98 Å². The smallest absolute Gasteiger partial charge is 0.175 e. The third-order valence-corrected chi connectivity index (χ3v) is 4.88. The fourth-order valence-corrected chi connectivity index (χ4v) is 3.86. The van der Waals surface area contributed by atoms with Gasteiger partial charge in [-0.1, -0.05) is 20.8 Å². The molecule has 0 bridgehead atoms. The third kappa shape index (κ3) is 2.20. The molecule has 4 nitrogen and oxygen atoms in total. The molecule has 3 rings (SSSR count). The van der Waals surface area contributed by atoms with Gasteiger partial charge in [-0.25, -0.2) is 4.98 Å². The molecule has 1 aliphatic carbocycles. The summed E-state index contributed by atoms with van der Waals surface area (Å²) in [6.45, 7) is 6.36. The molecule has 2 aromatic rings. The Balaban J connectivity index is 2.08. The van der Waals surface area contributed by atoms with Gasteiger partial charge in [-0.2, -0.15) is 5.10 Å². The number of fused-ring (bicyclic) bond motifs is 1. The minimum atomic E-state index is 0.0257. The lowest BCUT2D eigenvalue weighted by molar-refractivity contribution is 0.0916. The van der Waals surface area contributed by atoms with E-state index in [0.29, 0.717) is 6.42 Å². The van der Waals surface area contributed by atoms with Crippen molar-refractivity contribution in [1.29, 1.82) is 0 Å². The van der Waals surface area contributed by atoms with Gasteiger partial charge in [-0.05, 0) is 18.3 Å². The minimum absolute atomic E-state index is 0.0257. The summed E-state index contributed by atoms with van der Waals surface area (Å²) in [5.41, 5.74) is 3.11. The molecule has 0 aromatic carbocycles. The Morgan fingerprint density at radius 3 is 2.85 bits per heavy atom. The van der Waals surface area contributed by atoms with Crippen LogP contribution < -0.4 is 0 Å². The molecule has 0 N–H and O–H groups in total. The molecule has 2 aromatic heterocycles. The van der Waals surface area contributed by atoms with Crippen molar-refractivity contribution in [1.82, 2.24) is 14.8 Å². The second kappa shape index (κ2) is 4.52. The number of ketones is 1. The SMILES string of the molecule is CCc1nn(C)cc1-c1nc2c(s1)C(=O)CC(C)(C)C2. The lowest BCUT2D eigenvalue weighted by Gasteiger charge is -2.26. The van der Waals surface area contributed by atoms with Gasteiger partial charge in [-0.15, -0.1) is 11.3 Å². The lowest BCUT2D eigenvalue weighted by atomic mass is 9.78. The number of thiazole rings is 1. The van der Waals surface area contributed by atoms with E-state index in [1.54, 1.807) is 0 Å². The Kier molecular flexibility index (Phi) is 3.05. The molecule has 5 heteroatoms. The number of Topliss-reactive ketones (excluding diaryl/α,β-unsaturated/α-hetero) is 1. The van der Waals surface area contributed by atoms with Crippen molar-refractivity contribution >= 4 is 17.1 Å². The topological polar surface area (TPSA) is 47.8 Å². The predicted octanol–water partition coefficient (Wildman–Crippen LogP) is 3.26. The maximum atomic E-state index is 12.3. The standard InChI is InChI=1S/C15H19N3OS/c1-5-10-9(8-18(4)17-10)14-16-11-6-15(2,3)7-12(19)13(11)20-14/h8H,5-7H2,1-4H3. The highest BCUT2D eigenvalue weighted by atomic mass is 32.1. The number of hydrogen-bond donors (Lipinski definition) is 0. The number of aromatic nitrogens is 3. The number of nitrogens with zero attached hydrogens (tertiary/aromatic N) is 3. The monoisotopic (exact) mass is 289 g/mol. The Morgan fingerprint density at radius 1 is 1.40 bits per heavy atom. The first kappa shape index (κ1) is 13.5. The quantitative estimate of drug-likeness (QED) is 0.852. The van der Waals surface area contributed by atoms with E-state index >= 15 is 0 Å². The summed E-state index contributed by atoms with van der Waals surface area (Å²) < 4.78 is 1.82. The van der Waals surface area contributed by atoms with E-state index in [1.165, 1.54) is 11.3 Å². The van der Waals surface area contributed by atoms with E-state index < -0.39 is 0 Å². The molecule has 0 amide bonds. The van der Waals surface area contributed by atoms with Crippen LogP contribution in [0.4, 0.5) is 0 Å². The van der Waals surface area contributed by atoms with Gasteiger partial charge in [0, 0.05) is 19.7 Å². The molecule has 106 valence electrons. The summed E-state index contributed by atoms with van der Waals surface area (Å²) in [6, 6.07) is 0. The van der Waals surface area contributed by atoms with Crippen LogP contribution in [0.3, 0.4) is 0 Å². The van der Waals surface area contributed by atoms with Crippen LogP contribution in [0.1, 0.15) is 48.3 Å². The number of hydrogen-bond acceptors (Lipinski definition) is 4. The van der Waals surface area contributed by atoms with Crippen LogP contribution in [0.25, 0.3) is 10.6 Å². The highest BCUT2D eigenvalue weighted by Gasteiger charge is 2.34. The summed E-state index contributed by atoms with van der Waals surface area (Å²) >= 11 is 1.53. The zero-order valence-electron chi connectivity index (χ0n) is 12.4. The molecule has 0 atom stereocenters. The Bertz CT molecular complexity index is 681. The lowest BCUT2D eigenvalue weighted by Crippen LogP contribution is -2.25. The highest BCUT2D eigenvalue weighted by molar-refractivity contribution is 7.17. The second-order valence-corrected chi connectivity index (χ2v) is 7.25. The Labute approximate surface area is 122 Å². The molecular weight excluding hydrogens is 270 g/mol. The molecule has 0 spiro atoms. The first-order valence-electron chi connectivity index (χ1n) is 6.95. The van der Waals surface area contributed by atoms with Crippen molar-refractivity contribution in [3.8, 4) is 10.6 Å². The van der Waals surface area contributed by atoms with Crippen LogP contribution in [0, 0.1) is 5.41 Å². The summed E-state index contributed by atoms with van der Waals surface area (Å²) in [5, 5.41) is 5.39. The summed E-state index contributed by atoms with van der Waals surface area (Å²) in [7, 11) is 1.92. The molecule has 0 saturated heterocycles. The average Bonchev–Trinajstić information content (AvgIpc) is 2.90. The summed E-state index contributed by atoms with van der Waals surface area (Å²) in [6.07, 6.45) is 4.38. The van der Waals surface area contributed by atoms with Crippen molar-refractivity contribution in [2.45, 2.75) is 40.0 Å². The molecule has 0 fully saturated rings. The molecule has 0 saturated carbocycles. The third-order valence-electron chi connectivity index (χ3n) is 3.71. The van der Waals surface area contributed by atoms with Gasteiger partial charge in [0.25, 0.3) is 0 Å². The summed E-state index contributed by atoms with van der Waals surface area (Å²) in [5.74, 6) is 0.238. The van der Waals surface area contributed by atoms with Gasteiger partial charge in [0.15, 0.2) is 5.78 Å². The van der Waals surface area contributed by atoms with Crippen LogP contribution in [-0.4, -0.2) is 20.5 Å². The fourth-order valence-electron chi connectivity index (χ4n) is 2.81. The number of carbonyl (C=O) groups excluding carboxylic acids is 1. The van der Waals surface area contributed by atoms with Gasteiger partial charge in [0.2, 0.25) is 0 Å². The van der Waals surface area contributed by atoms with Crippen molar-refractivity contribution in [3.63, 3.8) is 0 Å². The Morgan fingerprint density at radius 2 is 2.15 bits per heavy atom. The van der Waals surface area contributed by atoms with Crippen LogP contribution in [0.15, 0.2) is 6.20 Å². The molecule has 2 heterocycles. The van der Waals surface area contributed by atoms with E-state index in [1.807, 2.05) is 17.9 Å². The molecule has 0 aliphatic heterocycles. The zero-order chi connectivity index (χ0) is 14.5. The van der Waals surface area contributed by atoms with Crippen LogP contribution in [0.2, 0.25) is 0 Å². The van der Waals surface area contributed by atoms with E-state index in [-0.39, 0.29) is 11.2 Å². The van der Waals surface area contributed by atoms with Crippen molar-refractivity contribution in [2.75, 3.05) is 0 Å². The second-order valence-electron chi connectivity index (χ2n) is 6.25. The fraction of sp³-hybridized carbons (Fsp3) is 0.533. The normalized spacial score (nSPS) is 17.3. The van der Waals surface area contributed by atoms with E-state index in [9.17, 15) is 4.79 Å². The van der Waals surface area contributed by atoms with Crippen LogP contribution >= 0.6 is 11.3 Å². The zero-order valence-corrected chi connectivity index (χ0v) is 13.2. The van der Waals surface area contributed by atoms with E-state index in [0.717, 1.165) is 39.7 Å². The molecule has 1 aliphatic rings. The van der Waals surface area contributed by atoms with Crippen LogP contribution in [0.5, 0.6) is 0 Å². The molecule has 20 heavy (non-hydrogen) atoms. The first-order valence-corrected chi connectivity index (χ1v) is 7.77. The number of carbonyl (C=O) groups is 1. The van der Waals surface area contributed by atoms with Gasteiger partial charge in [-0.3, -0.25) is 9.48 Å². The first-order chi connectivity index (χ1) is 9.39. The Hall–Kier alpha value is -1.49. The van der Waals surface area contributed by atoms with Gasteiger partial charge in [0.05, 0.1) is 21.8 Å². The van der Waals surface area contributed by atoms with Gasteiger partial charge in [0.1, 0.15) is 5.01 Å². The average molecular weight is 289 g/mol. The maximum absolute atomic E-state index is 12.3. The predicted molar refractivity (Wildman–Crippen MR) is 80.1 cm³/mol. The van der Waals surface area contributed by atoms with Gasteiger partial charge >= 0.3 is 0 Å². The van der Waals surface area contributed by atoms with Crippen molar-refractivity contribution in [2.24, 2.45) is 12.5 Å². The molecule has 0 radical (unpaired) electrons. The van der Waals surface area contributed by atoms with Crippen molar-refractivity contribution in [3.05, 3.63) is 22.5 Å². The molecule has 0 unspecified atom stereocenters. The number of aryl methyl sites for hydroxylation is 2. The van der Waals surface area contributed by atoms with Crippen LogP contribution in [-0.2, 0) is 19.9 Å².